The molecule has 6 N–H and O–H groups in total. The summed E-state index contributed by atoms with van der Waals surface area (Å²) in [5.74, 6) is -0.190. The zero-order valence-corrected chi connectivity index (χ0v) is 51.8. The maximum Gasteiger partial charge on any atom is 0.305 e. The lowest BCUT2D eigenvalue weighted by Crippen LogP contribution is -2.60. The highest BCUT2D eigenvalue weighted by molar-refractivity contribution is 5.76. The summed E-state index contributed by atoms with van der Waals surface area (Å²) in [4.78, 5) is 25.1. The molecule has 1 saturated heterocycles. The number of hydrogen-bond acceptors (Lipinski definition) is 10. The lowest BCUT2D eigenvalue weighted by Gasteiger charge is -2.40. The second kappa shape index (κ2) is 58.4. The van der Waals surface area contributed by atoms with Gasteiger partial charge in [-0.05, 0) is 77.0 Å². The number of hydrogen-bond donors (Lipinski definition) is 6. The lowest BCUT2D eigenvalue weighted by atomic mass is 9.99. The van der Waals surface area contributed by atoms with Crippen LogP contribution in [-0.2, 0) is 23.8 Å². The maximum atomic E-state index is 13.0. The lowest BCUT2D eigenvalue weighted by molar-refractivity contribution is -0.302. The third-order valence-corrected chi connectivity index (χ3v) is 15.9. The van der Waals surface area contributed by atoms with E-state index >= 15 is 0 Å². The van der Waals surface area contributed by atoms with E-state index < -0.39 is 49.5 Å². The topological polar surface area (TPSA) is 175 Å². The van der Waals surface area contributed by atoms with Crippen molar-refractivity contribution in [1.29, 1.82) is 0 Å². The molecular weight excluding hydrogens is 1000 g/mol. The van der Waals surface area contributed by atoms with Gasteiger partial charge in [0.05, 0.1) is 32.0 Å². The van der Waals surface area contributed by atoms with Crippen LogP contribution >= 0.6 is 0 Å². The number of carbonyl (C=O) groups excluding carboxylic acids is 2. The average Bonchev–Trinajstić information content (AvgIpc) is 3.45. The maximum absolute atomic E-state index is 13.0. The van der Waals surface area contributed by atoms with E-state index in [0.717, 1.165) is 64.2 Å². The van der Waals surface area contributed by atoms with Crippen LogP contribution in [0.15, 0.2) is 48.6 Å². The van der Waals surface area contributed by atoms with E-state index in [4.69, 9.17) is 14.2 Å². The Morgan fingerprint density at radius 2 is 0.850 bits per heavy atom. The van der Waals surface area contributed by atoms with E-state index in [9.17, 15) is 35.1 Å². The summed E-state index contributed by atoms with van der Waals surface area (Å²) in [5.41, 5.74) is 0. The first-order chi connectivity index (χ1) is 39.2. The van der Waals surface area contributed by atoms with Gasteiger partial charge in [-0.25, -0.2) is 0 Å². The van der Waals surface area contributed by atoms with E-state index in [2.05, 4.69) is 55.6 Å². The number of unbranched alkanes of at least 4 members (excludes halogenated alkanes) is 39. The zero-order chi connectivity index (χ0) is 58.0. The Kier molecular flexibility index (Phi) is 55.2. The van der Waals surface area contributed by atoms with Crippen molar-refractivity contribution in [3.63, 3.8) is 0 Å². The average molecular weight is 1130 g/mol. The predicted octanol–water partition coefficient (Wildman–Crippen LogP) is 16.8. The Bertz CT molecular complexity index is 1470. The van der Waals surface area contributed by atoms with Gasteiger partial charge < -0.3 is 45.1 Å². The third-order valence-electron chi connectivity index (χ3n) is 15.9. The smallest absolute Gasteiger partial charge is 0.305 e. The van der Waals surface area contributed by atoms with Gasteiger partial charge in [0.25, 0.3) is 0 Å². The van der Waals surface area contributed by atoms with Crippen molar-refractivity contribution in [2.45, 2.75) is 358 Å². The summed E-state index contributed by atoms with van der Waals surface area (Å²) >= 11 is 0. The van der Waals surface area contributed by atoms with Gasteiger partial charge in [0.1, 0.15) is 24.4 Å². The van der Waals surface area contributed by atoms with E-state index in [1.165, 1.54) is 225 Å². The normalized spacial score (nSPS) is 18.6. The molecule has 468 valence electrons. The fraction of sp³-hybridized carbons (Fsp3) is 0.855. The summed E-state index contributed by atoms with van der Waals surface area (Å²) in [6.45, 7) is 4.29. The zero-order valence-electron chi connectivity index (χ0n) is 51.8. The van der Waals surface area contributed by atoms with E-state index in [1.807, 2.05) is 6.08 Å². The van der Waals surface area contributed by atoms with Crippen LogP contribution in [0.4, 0.5) is 0 Å². The van der Waals surface area contributed by atoms with Gasteiger partial charge in [-0.1, -0.05) is 274 Å². The number of ether oxygens (including phenoxy) is 3. The number of aliphatic hydroxyl groups excluding tert-OH is 5. The van der Waals surface area contributed by atoms with Crippen molar-refractivity contribution in [2.24, 2.45) is 0 Å². The Balaban J connectivity index is 1.95. The van der Waals surface area contributed by atoms with Crippen molar-refractivity contribution in [1.82, 2.24) is 5.32 Å². The molecule has 1 aliphatic heterocycles. The Labute approximate surface area is 491 Å². The second-order valence-corrected chi connectivity index (χ2v) is 23.5. The molecule has 7 unspecified atom stereocenters. The molecule has 7 atom stereocenters. The summed E-state index contributed by atoms with van der Waals surface area (Å²) in [6, 6.07) is -0.827. The Morgan fingerprint density at radius 1 is 0.463 bits per heavy atom. The molecule has 0 aromatic rings. The molecule has 1 rings (SSSR count). The molecule has 1 aliphatic rings. The minimum Gasteiger partial charge on any atom is -0.466 e. The first kappa shape index (κ1) is 75.6. The van der Waals surface area contributed by atoms with Crippen LogP contribution in [0.3, 0.4) is 0 Å². The summed E-state index contributed by atoms with van der Waals surface area (Å²) in [7, 11) is 0. The summed E-state index contributed by atoms with van der Waals surface area (Å²) in [6.07, 6.45) is 65.4. The number of allylic oxidation sites excluding steroid dienone is 7. The molecule has 1 heterocycles. The fourth-order valence-corrected chi connectivity index (χ4v) is 10.5. The Morgan fingerprint density at radius 3 is 1.34 bits per heavy atom. The molecule has 0 aromatic heterocycles. The molecule has 0 radical (unpaired) electrons. The highest BCUT2D eigenvalue weighted by Gasteiger charge is 2.44. The number of esters is 1. The largest absolute Gasteiger partial charge is 0.466 e. The third kappa shape index (κ3) is 47.0. The van der Waals surface area contributed by atoms with Crippen LogP contribution in [-0.4, -0.2) is 100 Å². The number of rotatable bonds is 59. The Hall–Kier alpha value is -2.38. The van der Waals surface area contributed by atoms with Crippen LogP contribution < -0.4 is 5.32 Å². The molecule has 0 bridgehead atoms. The van der Waals surface area contributed by atoms with Gasteiger partial charge in [-0.15, -0.1) is 0 Å². The molecule has 11 nitrogen and oxygen atoms in total. The molecule has 11 heteroatoms. The summed E-state index contributed by atoms with van der Waals surface area (Å²) in [5, 5.41) is 54.2. The van der Waals surface area contributed by atoms with E-state index in [-0.39, 0.29) is 18.5 Å². The highest BCUT2D eigenvalue weighted by atomic mass is 16.7. The minimum atomic E-state index is -1.58. The second-order valence-electron chi connectivity index (χ2n) is 23.5. The highest BCUT2D eigenvalue weighted by Crippen LogP contribution is 2.23. The van der Waals surface area contributed by atoms with Gasteiger partial charge in [0, 0.05) is 12.8 Å². The minimum absolute atomic E-state index is 0.00516. The van der Waals surface area contributed by atoms with Crippen molar-refractivity contribution in [2.75, 3.05) is 19.8 Å². The van der Waals surface area contributed by atoms with Crippen molar-refractivity contribution >= 4 is 11.9 Å². The fourth-order valence-electron chi connectivity index (χ4n) is 10.5. The molecule has 0 aromatic carbocycles. The van der Waals surface area contributed by atoms with Crippen LogP contribution in [0.1, 0.15) is 316 Å². The molecule has 0 spiro atoms. The quantitative estimate of drug-likeness (QED) is 0.0195. The van der Waals surface area contributed by atoms with Crippen molar-refractivity contribution in [3.8, 4) is 0 Å². The van der Waals surface area contributed by atoms with Crippen LogP contribution in [0.25, 0.3) is 0 Å². The predicted molar refractivity (Wildman–Crippen MR) is 334 cm³/mol. The van der Waals surface area contributed by atoms with Gasteiger partial charge >= 0.3 is 5.97 Å². The molecule has 0 saturated carbocycles. The number of aliphatic hydroxyl groups is 5. The molecule has 0 aliphatic carbocycles. The molecule has 1 amide bonds. The monoisotopic (exact) mass is 1130 g/mol. The SMILES string of the molecule is CCCCC/C=C/CC/C=C/C(O)C(COC1OC(CO)C(O)C(O)C1O)NC(=O)CCCCCCCCCCCCCCC/C=C\C/C=C\CCCCCCCCCCCOC(=O)CCCCCCCCCCCCCCCC. The standard InChI is InChI=1S/C69H127NO10/c1-3-5-7-9-11-13-14-15-34-37-41-45-49-53-57-65(74)78-58-54-50-46-42-38-35-32-30-28-26-24-22-20-18-16-17-19-21-23-25-27-29-31-33-36-40-44-48-52-56-64(73)70-61(62(72)55-51-47-43-39-12-10-8-6-4-2)60-79-69-68(77)67(76)66(75)63(59-71)80-69/h12,16,18,22,24,39,51,55,61-63,66-69,71-72,75-77H,3-11,13-15,17,19-21,23,25-38,40-50,52-54,56-60H2,1-2H3,(H,70,73)/b18-16-,24-22-,39-12+,55-51+. The van der Waals surface area contributed by atoms with Crippen LogP contribution in [0.2, 0.25) is 0 Å². The van der Waals surface area contributed by atoms with Gasteiger partial charge in [-0.2, -0.15) is 0 Å². The molecule has 80 heavy (non-hydrogen) atoms. The van der Waals surface area contributed by atoms with Gasteiger partial charge in [0.15, 0.2) is 6.29 Å². The van der Waals surface area contributed by atoms with E-state index in [1.54, 1.807) is 6.08 Å². The molecular formula is C69H127NO10. The molecule has 1 fully saturated rings. The first-order valence-corrected chi connectivity index (χ1v) is 33.9. The van der Waals surface area contributed by atoms with Gasteiger partial charge in [-0.3, -0.25) is 9.59 Å². The first-order valence-electron chi connectivity index (χ1n) is 33.9. The number of nitrogens with one attached hydrogen (secondary N) is 1. The van der Waals surface area contributed by atoms with Crippen LogP contribution in [0.5, 0.6) is 0 Å². The van der Waals surface area contributed by atoms with Crippen LogP contribution in [0, 0.1) is 0 Å². The van der Waals surface area contributed by atoms with Crippen molar-refractivity contribution < 1.29 is 49.3 Å². The summed E-state index contributed by atoms with van der Waals surface area (Å²) < 4.78 is 16.7. The number of amides is 1. The van der Waals surface area contributed by atoms with Gasteiger partial charge in [0.2, 0.25) is 5.91 Å². The number of carbonyl (C=O) groups is 2. The van der Waals surface area contributed by atoms with Crippen molar-refractivity contribution in [3.05, 3.63) is 48.6 Å². The van der Waals surface area contributed by atoms with E-state index in [0.29, 0.717) is 19.4 Å².